The number of hydrogen-bond donors (Lipinski definition) is 2. The predicted octanol–water partition coefficient (Wildman–Crippen LogP) is 1.21. The molecule has 0 saturated carbocycles. The molecular weight excluding hydrogens is 304 g/mol. The molecular formula is C15H18N2O6. The van der Waals surface area contributed by atoms with Crippen LogP contribution < -0.4 is 5.32 Å². The van der Waals surface area contributed by atoms with Gasteiger partial charge < -0.3 is 19.9 Å². The highest BCUT2D eigenvalue weighted by atomic mass is 16.6. The Balaban J connectivity index is 1.96. The molecule has 8 heteroatoms. The molecule has 23 heavy (non-hydrogen) atoms. The number of carboxylic acid groups (broad SMARTS) is 1. The monoisotopic (exact) mass is 322 g/mol. The molecule has 0 aromatic heterocycles. The highest BCUT2D eigenvalue weighted by Gasteiger charge is 2.42. The minimum atomic E-state index is -1.16. The Morgan fingerprint density at radius 3 is 2.61 bits per heavy atom. The normalized spacial score (nSPS) is 20.0. The third-order valence-electron chi connectivity index (χ3n) is 3.47. The number of hydrogen-bond acceptors (Lipinski definition) is 5. The lowest BCUT2D eigenvalue weighted by Gasteiger charge is -2.20. The molecule has 2 amide bonds. The minimum Gasteiger partial charge on any atom is -0.480 e. The molecule has 1 aromatic rings. The van der Waals surface area contributed by atoms with Gasteiger partial charge in [-0.1, -0.05) is 30.3 Å². The molecule has 0 spiro atoms. The summed E-state index contributed by atoms with van der Waals surface area (Å²) in [4.78, 5) is 35.7. The topological polar surface area (TPSA) is 105 Å². The van der Waals surface area contributed by atoms with Crippen LogP contribution in [0.5, 0.6) is 0 Å². The second-order valence-corrected chi connectivity index (χ2v) is 5.06. The molecule has 0 unspecified atom stereocenters. The standard InChI is InChI=1S/C15H18N2O6/c1-16-14(20)23-11-7-12(13(18)19)17(8-11)15(21)22-9-10-5-3-2-4-6-10/h2-6,11-12H,7-9H2,1H3,(H,16,20)(H,18,19)/t11-,12+/m1/s1. The Morgan fingerprint density at radius 1 is 1.30 bits per heavy atom. The summed E-state index contributed by atoms with van der Waals surface area (Å²) in [7, 11) is 1.40. The molecule has 8 nitrogen and oxygen atoms in total. The molecule has 2 rings (SSSR count). The van der Waals surface area contributed by atoms with Crippen molar-refractivity contribution in [2.45, 2.75) is 25.2 Å². The second-order valence-electron chi connectivity index (χ2n) is 5.06. The number of amides is 2. The molecule has 124 valence electrons. The lowest BCUT2D eigenvalue weighted by Crippen LogP contribution is -2.41. The molecule has 2 N–H and O–H groups in total. The molecule has 1 aliphatic heterocycles. The van der Waals surface area contributed by atoms with Crippen molar-refractivity contribution in [2.75, 3.05) is 13.6 Å². The van der Waals surface area contributed by atoms with E-state index in [-0.39, 0.29) is 19.6 Å². The van der Waals surface area contributed by atoms with Gasteiger partial charge in [-0.05, 0) is 5.56 Å². The number of ether oxygens (including phenoxy) is 2. The van der Waals surface area contributed by atoms with Crippen molar-refractivity contribution in [1.29, 1.82) is 0 Å². The molecule has 1 fully saturated rings. The van der Waals surface area contributed by atoms with Gasteiger partial charge in [0, 0.05) is 13.5 Å². The van der Waals surface area contributed by atoms with Crippen molar-refractivity contribution in [3.8, 4) is 0 Å². The van der Waals surface area contributed by atoms with Crippen LogP contribution in [0.25, 0.3) is 0 Å². The second kappa shape index (κ2) is 7.48. The molecule has 2 atom stereocenters. The fourth-order valence-electron chi connectivity index (χ4n) is 2.33. The van der Waals surface area contributed by atoms with E-state index < -0.39 is 30.3 Å². The van der Waals surface area contributed by atoms with E-state index in [1.165, 1.54) is 7.05 Å². The predicted molar refractivity (Wildman–Crippen MR) is 78.7 cm³/mol. The summed E-state index contributed by atoms with van der Waals surface area (Å²) >= 11 is 0. The summed E-state index contributed by atoms with van der Waals surface area (Å²) in [5, 5.41) is 11.5. The quantitative estimate of drug-likeness (QED) is 0.863. The van der Waals surface area contributed by atoms with Crippen LogP contribution in [-0.4, -0.2) is 53.9 Å². The van der Waals surface area contributed by atoms with Crippen molar-refractivity contribution < 1.29 is 29.0 Å². The average molecular weight is 322 g/mol. The van der Waals surface area contributed by atoms with Crippen LogP contribution in [0.1, 0.15) is 12.0 Å². The highest BCUT2D eigenvalue weighted by Crippen LogP contribution is 2.22. The van der Waals surface area contributed by atoms with Crippen molar-refractivity contribution in [1.82, 2.24) is 10.2 Å². The van der Waals surface area contributed by atoms with Crippen molar-refractivity contribution >= 4 is 18.2 Å². The van der Waals surface area contributed by atoms with E-state index in [1.54, 1.807) is 12.1 Å². The van der Waals surface area contributed by atoms with Crippen LogP contribution in [0.2, 0.25) is 0 Å². The molecule has 1 aromatic carbocycles. The van der Waals surface area contributed by atoms with E-state index in [0.29, 0.717) is 0 Å². The largest absolute Gasteiger partial charge is 0.480 e. The number of carbonyl (C=O) groups excluding carboxylic acids is 2. The number of likely N-dealkylation sites (tertiary alicyclic amines) is 1. The zero-order chi connectivity index (χ0) is 16.8. The van der Waals surface area contributed by atoms with Crippen LogP contribution >= 0.6 is 0 Å². The zero-order valence-electron chi connectivity index (χ0n) is 12.6. The number of aliphatic carboxylic acids is 1. The van der Waals surface area contributed by atoms with Crippen LogP contribution in [0, 0.1) is 0 Å². The Kier molecular flexibility index (Phi) is 5.40. The maximum Gasteiger partial charge on any atom is 0.410 e. The Morgan fingerprint density at radius 2 is 2.00 bits per heavy atom. The third-order valence-corrected chi connectivity index (χ3v) is 3.47. The van der Waals surface area contributed by atoms with Gasteiger partial charge in [0.15, 0.2) is 0 Å². The van der Waals surface area contributed by atoms with Crippen molar-refractivity contribution in [2.24, 2.45) is 0 Å². The number of benzene rings is 1. The van der Waals surface area contributed by atoms with Crippen molar-refractivity contribution in [3.63, 3.8) is 0 Å². The Labute approximate surface area is 133 Å². The lowest BCUT2D eigenvalue weighted by atomic mass is 10.2. The molecule has 0 bridgehead atoms. The van der Waals surface area contributed by atoms with Crippen LogP contribution in [-0.2, 0) is 20.9 Å². The van der Waals surface area contributed by atoms with E-state index in [4.69, 9.17) is 9.47 Å². The smallest absolute Gasteiger partial charge is 0.410 e. The minimum absolute atomic E-state index is 0.0159. The van der Waals surface area contributed by atoms with Gasteiger partial charge in [0.2, 0.25) is 0 Å². The van der Waals surface area contributed by atoms with Gasteiger partial charge in [0.25, 0.3) is 0 Å². The van der Waals surface area contributed by atoms with E-state index in [9.17, 15) is 19.5 Å². The van der Waals surface area contributed by atoms with E-state index in [1.807, 2.05) is 18.2 Å². The molecule has 0 radical (unpaired) electrons. The van der Waals surface area contributed by atoms with Crippen molar-refractivity contribution in [3.05, 3.63) is 35.9 Å². The Bertz CT molecular complexity index is 577. The number of carboxylic acids is 1. The lowest BCUT2D eigenvalue weighted by molar-refractivity contribution is -0.141. The number of nitrogens with zero attached hydrogens (tertiary/aromatic N) is 1. The third kappa shape index (κ3) is 4.35. The average Bonchev–Trinajstić information content (AvgIpc) is 2.97. The van der Waals surface area contributed by atoms with E-state index >= 15 is 0 Å². The molecule has 1 heterocycles. The molecule has 1 saturated heterocycles. The highest BCUT2D eigenvalue weighted by molar-refractivity contribution is 5.81. The first-order chi connectivity index (χ1) is 11.0. The fourth-order valence-corrected chi connectivity index (χ4v) is 2.33. The molecule has 1 aliphatic rings. The van der Waals surface area contributed by atoms with Crippen LogP contribution in [0.3, 0.4) is 0 Å². The maximum atomic E-state index is 12.1. The van der Waals surface area contributed by atoms with Gasteiger partial charge in [-0.2, -0.15) is 0 Å². The first-order valence-corrected chi connectivity index (χ1v) is 7.09. The zero-order valence-corrected chi connectivity index (χ0v) is 12.6. The van der Waals surface area contributed by atoms with Gasteiger partial charge >= 0.3 is 18.2 Å². The summed E-state index contributed by atoms with van der Waals surface area (Å²) in [6.07, 6.45) is -2.06. The maximum absolute atomic E-state index is 12.1. The first kappa shape index (κ1) is 16.6. The number of carbonyl (C=O) groups is 3. The Hall–Kier alpha value is -2.77. The first-order valence-electron chi connectivity index (χ1n) is 7.09. The number of rotatable bonds is 4. The van der Waals surface area contributed by atoms with Gasteiger partial charge in [-0.3, -0.25) is 4.90 Å². The number of alkyl carbamates (subject to hydrolysis) is 1. The summed E-state index contributed by atoms with van der Waals surface area (Å²) in [6.45, 7) is 0.0293. The fraction of sp³-hybridized carbons (Fsp3) is 0.400. The van der Waals surface area contributed by atoms with E-state index in [2.05, 4.69) is 5.32 Å². The van der Waals surface area contributed by atoms with E-state index in [0.717, 1.165) is 10.5 Å². The summed E-state index contributed by atoms with van der Waals surface area (Å²) in [6, 6.07) is 7.98. The van der Waals surface area contributed by atoms with Gasteiger partial charge in [-0.25, -0.2) is 14.4 Å². The van der Waals surface area contributed by atoms with Crippen LogP contribution in [0.4, 0.5) is 9.59 Å². The summed E-state index contributed by atoms with van der Waals surface area (Å²) < 4.78 is 10.2. The summed E-state index contributed by atoms with van der Waals surface area (Å²) in [5.74, 6) is -1.16. The SMILES string of the molecule is CNC(=O)O[C@@H]1C[C@@H](C(=O)O)N(C(=O)OCc2ccccc2)C1. The van der Waals surface area contributed by atoms with Gasteiger partial charge in [-0.15, -0.1) is 0 Å². The van der Waals surface area contributed by atoms with Crippen LogP contribution in [0.15, 0.2) is 30.3 Å². The summed E-state index contributed by atoms with van der Waals surface area (Å²) in [5.41, 5.74) is 0.796. The molecule has 0 aliphatic carbocycles. The van der Waals surface area contributed by atoms with Gasteiger partial charge in [0.05, 0.1) is 6.54 Å². The van der Waals surface area contributed by atoms with Gasteiger partial charge in [0.1, 0.15) is 18.8 Å². The number of nitrogens with one attached hydrogen (secondary N) is 1.